The number of benzene rings is 2. The fourth-order valence-electron chi connectivity index (χ4n) is 2.52. The molecule has 0 aliphatic heterocycles. The summed E-state index contributed by atoms with van der Waals surface area (Å²) < 4.78 is 52.6. The summed E-state index contributed by atoms with van der Waals surface area (Å²) in [5.74, 6) is -1.40. The van der Waals surface area contributed by atoms with E-state index in [0.717, 1.165) is 6.20 Å². The van der Waals surface area contributed by atoms with E-state index in [2.05, 4.69) is 15.0 Å². The molecule has 0 unspecified atom stereocenters. The number of hydrogen-bond donors (Lipinski definition) is 3. The van der Waals surface area contributed by atoms with Crippen LogP contribution >= 0.6 is 0 Å². The third kappa shape index (κ3) is 3.95. The van der Waals surface area contributed by atoms with Gasteiger partial charge in [0.25, 0.3) is 0 Å². The van der Waals surface area contributed by atoms with E-state index in [0.29, 0.717) is 5.52 Å². The van der Waals surface area contributed by atoms with Gasteiger partial charge in [-0.05, 0) is 30.3 Å². The van der Waals surface area contributed by atoms with E-state index in [1.165, 1.54) is 36.4 Å². The van der Waals surface area contributed by atoms with Crippen molar-refractivity contribution in [2.45, 2.75) is 11.5 Å². The van der Waals surface area contributed by atoms with Gasteiger partial charge in [0, 0.05) is 11.6 Å². The lowest BCUT2D eigenvalue weighted by molar-refractivity contribution is -0.0497. The van der Waals surface area contributed by atoms with E-state index >= 15 is 0 Å². The monoisotopic (exact) mass is 394 g/mol. The van der Waals surface area contributed by atoms with E-state index < -0.39 is 23.3 Å². The van der Waals surface area contributed by atoms with E-state index in [9.17, 15) is 27.1 Å². The van der Waals surface area contributed by atoms with E-state index in [1.54, 1.807) is 6.07 Å². The number of para-hydroxylation sites is 1. The lowest BCUT2D eigenvalue weighted by Gasteiger charge is -2.14. The molecule has 0 amide bonds. The van der Waals surface area contributed by atoms with Gasteiger partial charge in [-0.3, -0.25) is 4.98 Å². The van der Waals surface area contributed by atoms with Crippen molar-refractivity contribution in [1.82, 2.24) is 4.98 Å². The second kappa shape index (κ2) is 7.54. The first kappa shape index (κ1) is 18.5. The van der Waals surface area contributed by atoms with Crippen molar-refractivity contribution < 1.29 is 31.8 Å². The van der Waals surface area contributed by atoms with Crippen molar-refractivity contribution in [3.8, 4) is 5.75 Å². The molecule has 3 rings (SSSR count). The van der Waals surface area contributed by atoms with Crippen molar-refractivity contribution in [3.05, 3.63) is 54.2 Å². The number of pyridine rings is 1. The molecule has 140 valence electrons. The lowest BCUT2D eigenvalue weighted by atomic mass is 10.1. The second-order valence-electron chi connectivity index (χ2n) is 5.31. The minimum Gasteiger partial charge on any atom is -0.478 e. The third-order valence-corrected chi connectivity index (χ3v) is 4.39. The van der Waals surface area contributed by atoms with Gasteiger partial charge in [-0.25, -0.2) is 13.2 Å². The molecule has 0 saturated heterocycles. The molecule has 0 aliphatic carbocycles. The molecule has 27 heavy (non-hydrogen) atoms. The first-order valence-electron chi connectivity index (χ1n) is 7.48. The highest BCUT2D eigenvalue weighted by Crippen LogP contribution is 2.33. The van der Waals surface area contributed by atoms with Crippen LogP contribution in [0.4, 0.5) is 20.2 Å². The van der Waals surface area contributed by atoms with Crippen molar-refractivity contribution in [3.63, 3.8) is 0 Å². The third-order valence-electron chi connectivity index (χ3n) is 3.66. The van der Waals surface area contributed by atoms with Crippen molar-refractivity contribution in [1.29, 1.82) is 0 Å². The summed E-state index contributed by atoms with van der Waals surface area (Å²) in [7, 11) is -3.10. The molecule has 2 N–H and O–H groups in total. The Kier molecular flexibility index (Phi) is 5.17. The number of carbonyl (C=O) groups is 1. The largest absolute Gasteiger partial charge is 0.478 e. The molecule has 0 radical (unpaired) electrons. The summed E-state index contributed by atoms with van der Waals surface area (Å²) in [6.07, 6.45) is 1.10. The van der Waals surface area contributed by atoms with Crippen LogP contribution in [0.3, 0.4) is 0 Å². The summed E-state index contributed by atoms with van der Waals surface area (Å²) >= 11 is 0. The maximum atomic E-state index is 12.5. The zero-order valence-corrected chi connectivity index (χ0v) is 14.3. The first-order chi connectivity index (χ1) is 12.9. The molecule has 1 aromatic heterocycles. The Hall–Kier alpha value is -3.27. The van der Waals surface area contributed by atoms with Gasteiger partial charge in [-0.1, -0.05) is 12.1 Å². The maximum absolute atomic E-state index is 12.5. The number of ether oxygens (including phenoxy) is 1. The normalized spacial score (nSPS) is 11.1. The molecule has 10 heteroatoms. The predicted molar refractivity (Wildman–Crippen MR) is 93.6 cm³/mol. The van der Waals surface area contributed by atoms with Crippen molar-refractivity contribution in [2.24, 2.45) is 0 Å². The van der Waals surface area contributed by atoms with E-state index in [1.807, 2.05) is 0 Å². The molecular weight excluding hydrogens is 382 g/mol. The number of aromatic nitrogens is 1. The van der Waals surface area contributed by atoms with Crippen LogP contribution in [0, 0.1) is 0 Å². The fourth-order valence-corrected chi connectivity index (χ4v) is 3.03. The van der Waals surface area contributed by atoms with Crippen LogP contribution < -0.4 is 10.1 Å². The minimum atomic E-state index is -3.10. The maximum Gasteiger partial charge on any atom is 0.387 e. The van der Waals surface area contributed by atoms with Crippen molar-refractivity contribution in [2.75, 3.05) is 5.32 Å². The number of halogens is 2. The summed E-state index contributed by atoms with van der Waals surface area (Å²) in [4.78, 5) is 15.2. The van der Waals surface area contributed by atoms with Crippen LogP contribution in [0.25, 0.3) is 10.9 Å². The number of rotatable bonds is 6. The van der Waals surface area contributed by atoms with Crippen LogP contribution in [0.5, 0.6) is 5.75 Å². The molecule has 0 aliphatic rings. The highest BCUT2D eigenvalue weighted by Gasteiger charge is 2.16. The van der Waals surface area contributed by atoms with Gasteiger partial charge in [-0.15, -0.1) is 0 Å². The van der Waals surface area contributed by atoms with Gasteiger partial charge in [0.2, 0.25) is 0 Å². The molecule has 7 nitrogen and oxygen atoms in total. The van der Waals surface area contributed by atoms with Crippen molar-refractivity contribution >= 4 is 39.0 Å². The number of fused-ring (bicyclic) bond motifs is 1. The molecule has 3 aromatic rings. The predicted octanol–water partition coefficient (Wildman–Crippen LogP) is 3.25. The molecular formula is C17H12F2N2O5S. The number of alkyl halides is 2. The highest BCUT2D eigenvalue weighted by atomic mass is 32.2. The number of carboxylic acids is 1. The molecule has 0 fully saturated rings. The fraction of sp³-hybridized carbons (Fsp3) is 0.0588. The van der Waals surface area contributed by atoms with Crippen LogP contribution in [0.2, 0.25) is 0 Å². The molecule has 0 spiro atoms. The van der Waals surface area contributed by atoms with Gasteiger partial charge >= 0.3 is 12.6 Å². The van der Waals surface area contributed by atoms with Gasteiger partial charge in [-0.2, -0.15) is 8.78 Å². The Bertz CT molecular complexity index is 1090. The van der Waals surface area contributed by atoms with Gasteiger partial charge < -0.3 is 15.2 Å². The topological polar surface area (TPSA) is 106 Å². The number of nitrogens with one attached hydrogen (secondary N) is 1. The molecule has 2 aromatic carbocycles. The number of nitrogens with zero attached hydrogens (tertiary/aromatic N) is 1. The molecule has 0 bridgehead atoms. The molecule has 0 atom stereocenters. The quantitative estimate of drug-likeness (QED) is 0.551. The van der Waals surface area contributed by atoms with Crippen LogP contribution in [-0.4, -0.2) is 31.1 Å². The Labute approximate surface area is 153 Å². The zero-order chi connectivity index (χ0) is 19.6. The van der Waals surface area contributed by atoms with E-state index in [-0.39, 0.29) is 33.0 Å². The average Bonchev–Trinajstić information content (AvgIpc) is 2.61. The van der Waals surface area contributed by atoms with Gasteiger partial charge in [0.1, 0.15) is 10.6 Å². The second-order valence-corrected chi connectivity index (χ2v) is 6.30. The van der Waals surface area contributed by atoms with Gasteiger partial charge in [0.15, 0.2) is 10.7 Å². The Morgan fingerprint density at radius 1 is 1.19 bits per heavy atom. The number of anilines is 2. The summed E-state index contributed by atoms with van der Waals surface area (Å²) in [5.41, 5.74) is 0.377. The molecule has 1 heterocycles. The zero-order valence-electron chi connectivity index (χ0n) is 13.4. The Morgan fingerprint density at radius 3 is 2.59 bits per heavy atom. The molecule has 0 saturated carbocycles. The average molecular weight is 394 g/mol. The summed E-state index contributed by atoms with van der Waals surface area (Å²) in [6.45, 7) is -3.06. The summed E-state index contributed by atoms with van der Waals surface area (Å²) in [6, 6.07) is 9.76. The Morgan fingerprint density at radius 2 is 1.93 bits per heavy atom. The SMILES string of the molecule is O=C(O)c1ccccc1Nc1c([SH](=O)=O)cnc2ccc(OC(F)F)cc12. The van der Waals surface area contributed by atoms with E-state index in [4.69, 9.17) is 0 Å². The van der Waals surface area contributed by atoms with Crippen LogP contribution in [-0.2, 0) is 10.7 Å². The lowest BCUT2D eigenvalue weighted by Crippen LogP contribution is -2.05. The number of hydrogen-bond acceptors (Lipinski definition) is 6. The first-order valence-corrected chi connectivity index (χ1v) is 8.66. The van der Waals surface area contributed by atoms with Crippen LogP contribution in [0.1, 0.15) is 10.4 Å². The highest BCUT2D eigenvalue weighted by molar-refractivity contribution is 7.72. The number of thiol groups is 1. The minimum absolute atomic E-state index is 0.0181. The Balaban J connectivity index is 2.22. The standard InChI is InChI=1S/C17H12F2N2O5S/c18-17(19)26-9-5-6-12-11(7-9)15(14(8-20-12)27(24)25)21-13-4-2-1-3-10(13)16(22)23/h1-8,17,27H,(H,20,21)(H,22,23). The number of carboxylic acid groups (broad SMARTS) is 1. The van der Waals surface area contributed by atoms with Crippen LogP contribution in [0.15, 0.2) is 53.6 Å². The summed E-state index contributed by atoms with van der Waals surface area (Å²) in [5, 5.41) is 12.3. The number of aromatic carboxylic acids is 1. The smallest absolute Gasteiger partial charge is 0.387 e. The van der Waals surface area contributed by atoms with Gasteiger partial charge in [0.05, 0.1) is 22.5 Å².